The molecule has 4 nitrogen and oxygen atoms in total. The van der Waals surface area contributed by atoms with Crippen LogP contribution >= 0.6 is 0 Å². The van der Waals surface area contributed by atoms with E-state index in [0.29, 0.717) is 5.75 Å². The van der Waals surface area contributed by atoms with Gasteiger partial charge in [-0.1, -0.05) is 13.3 Å². The molecule has 0 aliphatic heterocycles. The number of rotatable bonds is 4. The number of hydrogen-bond acceptors (Lipinski definition) is 2. The third kappa shape index (κ3) is 2.58. The summed E-state index contributed by atoms with van der Waals surface area (Å²) in [6.07, 6.45) is 3.02. The molecule has 90 valence electrons. The van der Waals surface area contributed by atoms with Crippen molar-refractivity contribution in [1.29, 1.82) is 0 Å². The molecule has 0 amide bonds. The predicted molar refractivity (Wildman–Crippen MR) is 65.5 cm³/mol. The Labute approximate surface area is 99.4 Å². The molecule has 0 saturated carbocycles. The number of aromatic nitrogens is 1. The fourth-order valence-corrected chi connectivity index (χ4v) is 1.87. The van der Waals surface area contributed by atoms with Gasteiger partial charge in [0.2, 0.25) is 0 Å². The highest BCUT2D eigenvalue weighted by atomic mass is 16.7. The molecule has 17 heavy (non-hydrogen) atoms. The molecule has 1 heterocycles. The van der Waals surface area contributed by atoms with E-state index in [0.717, 1.165) is 30.3 Å². The first kappa shape index (κ1) is 11.5. The largest absolute Gasteiger partial charge is 0.511 e. The molecule has 0 saturated heterocycles. The fraction of sp³-hybridized carbons (Fsp3) is 0.308. The number of nitrogens with zero attached hydrogens (tertiary/aromatic N) is 1. The van der Waals surface area contributed by atoms with Crippen molar-refractivity contribution < 1.29 is 14.6 Å². The van der Waals surface area contributed by atoms with Crippen molar-refractivity contribution in [2.75, 3.05) is 0 Å². The van der Waals surface area contributed by atoms with Gasteiger partial charge in [-0.3, -0.25) is 0 Å². The lowest BCUT2D eigenvalue weighted by molar-refractivity contribution is 0.144. The molecule has 1 aromatic carbocycles. The van der Waals surface area contributed by atoms with Crippen LogP contribution in [0.5, 0.6) is 5.75 Å². The lowest BCUT2D eigenvalue weighted by atomic mass is 10.2. The van der Waals surface area contributed by atoms with E-state index in [2.05, 4.69) is 16.2 Å². The van der Waals surface area contributed by atoms with Crippen molar-refractivity contribution in [1.82, 2.24) is 4.57 Å². The number of benzene rings is 1. The second kappa shape index (κ2) is 4.91. The summed E-state index contributed by atoms with van der Waals surface area (Å²) in [5, 5.41) is 9.53. The number of ether oxygens (including phenoxy) is 1. The van der Waals surface area contributed by atoms with Gasteiger partial charge in [0.1, 0.15) is 5.75 Å². The van der Waals surface area contributed by atoms with Crippen molar-refractivity contribution in [3.63, 3.8) is 0 Å². The average molecular weight is 233 g/mol. The molecule has 0 aliphatic carbocycles. The van der Waals surface area contributed by atoms with Crippen LogP contribution in [0.1, 0.15) is 19.8 Å². The van der Waals surface area contributed by atoms with Crippen molar-refractivity contribution in [3.8, 4) is 5.75 Å². The van der Waals surface area contributed by atoms with Crippen LogP contribution in [0.2, 0.25) is 0 Å². The molecule has 2 rings (SSSR count). The van der Waals surface area contributed by atoms with E-state index in [-0.39, 0.29) is 0 Å². The highest BCUT2D eigenvalue weighted by Gasteiger charge is 2.05. The van der Waals surface area contributed by atoms with Gasteiger partial charge < -0.3 is 14.4 Å². The smallest absolute Gasteiger partial charge is 0.449 e. The lowest BCUT2D eigenvalue weighted by Gasteiger charge is -2.04. The number of hydrogen-bond donors (Lipinski definition) is 1. The standard InChI is InChI=1S/C13H15NO3/c1-2-3-7-14-8-6-10-9-11(17-13(15)16)4-5-12(10)14/h4-6,8-9H,2-3,7H2,1H3,(H,15,16). The number of carboxylic acid groups (broad SMARTS) is 1. The molecule has 1 N–H and O–H groups in total. The molecule has 0 spiro atoms. The molecule has 0 atom stereocenters. The molecule has 0 unspecified atom stereocenters. The molecule has 0 fully saturated rings. The van der Waals surface area contributed by atoms with Crippen LogP contribution < -0.4 is 4.74 Å². The maximum atomic E-state index is 10.4. The summed E-state index contributed by atoms with van der Waals surface area (Å²) in [7, 11) is 0. The molecule has 1 aromatic heterocycles. The third-order valence-electron chi connectivity index (χ3n) is 2.70. The van der Waals surface area contributed by atoms with Crippen LogP contribution in [0.4, 0.5) is 4.79 Å². The van der Waals surface area contributed by atoms with Gasteiger partial charge in [-0.05, 0) is 30.7 Å². The van der Waals surface area contributed by atoms with E-state index in [1.165, 1.54) is 0 Å². The maximum absolute atomic E-state index is 10.4. The van der Waals surface area contributed by atoms with Crippen molar-refractivity contribution in [2.24, 2.45) is 0 Å². The van der Waals surface area contributed by atoms with Gasteiger partial charge in [-0.15, -0.1) is 0 Å². The zero-order valence-electron chi connectivity index (χ0n) is 9.72. The summed E-state index contributed by atoms with van der Waals surface area (Å²) in [4.78, 5) is 10.4. The minimum Gasteiger partial charge on any atom is -0.449 e. The topological polar surface area (TPSA) is 51.5 Å². The Kier molecular flexibility index (Phi) is 3.32. The number of fused-ring (bicyclic) bond motifs is 1. The van der Waals surface area contributed by atoms with Crippen molar-refractivity contribution >= 4 is 17.1 Å². The first-order valence-electron chi connectivity index (χ1n) is 5.70. The van der Waals surface area contributed by atoms with Crippen molar-refractivity contribution in [2.45, 2.75) is 26.3 Å². The van der Waals surface area contributed by atoms with Crippen LogP contribution in [-0.4, -0.2) is 15.8 Å². The van der Waals surface area contributed by atoms with E-state index in [9.17, 15) is 4.79 Å². The zero-order chi connectivity index (χ0) is 12.3. The fourth-order valence-electron chi connectivity index (χ4n) is 1.87. The molecule has 2 aromatic rings. The summed E-state index contributed by atoms with van der Waals surface area (Å²) in [6.45, 7) is 3.14. The molecule has 0 aliphatic rings. The third-order valence-corrected chi connectivity index (χ3v) is 2.70. The Bertz CT molecular complexity index is 530. The van der Waals surface area contributed by atoms with Crippen LogP contribution in [-0.2, 0) is 6.54 Å². The first-order chi connectivity index (χ1) is 8.20. The summed E-state index contributed by atoms with van der Waals surface area (Å²) < 4.78 is 6.79. The highest BCUT2D eigenvalue weighted by Crippen LogP contribution is 2.22. The van der Waals surface area contributed by atoms with E-state index in [1.807, 2.05) is 18.3 Å². The van der Waals surface area contributed by atoms with E-state index in [4.69, 9.17) is 5.11 Å². The lowest BCUT2D eigenvalue weighted by Crippen LogP contribution is -2.02. The van der Waals surface area contributed by atoms with Crippen LogP contribution in [0, 0.1) is 0 Å². The van der Waals surface area contributed by atoms with Gasteiger partial charge in [-0.25, -0.2) is 4.79 Å². The van der Waals surface area contributed by atoms with Gasteiger partial charge >= 0.3 is 6.16 Å². The second-order valence-electron chi connectivity index (χ2n) is 3.95. The summed E-state index contributed by atoms with van der Waals surface area (Å²) >= 11 is 0. The Morgan fingerprint density at radius 3 is 2.94 bits per heavy atom. The minimum atomic E-state index is -1.28. The monoisotopic (exact) mass is 233 g/mol. The molecule has 0 bridgehead atoms. The Morgan fingerprint density at radius 1 is 1.41 bits per heavy atom. The summed E-state index contributed by atoms with van der Waals surface area (Å²) in [6, 6.07) is 7.29. The van der Waals surface area contributed by atoms with Gasteiger partial charge in [0.05, 0.1) is 0 Å². The second-order valence-corrected chi connectivity index (χ2v) is 3.95. The van der Waals surface area contributed by atoms with Crippen LogP contribution in [0.15, 0.2) is 30.5 Å². The number of carbonyl (C=O) groups is 1. The van der Waals surface area contributed by atoms with Crippen molar-refractivity contribution in [3.05, 3.63) is 30.5 Å². The van der Waals surface area contributed by atoms with Crippen LogP contribution in [0.25, 0.3) is 10.9 Å². The molecule has 0 radical (unpaired) electrons. The zero-order valence-corrected chi connectivity index (χ0v) is 9.72. The van der Waals surface area contributed by atoms with Gasteiger partial charge in [0.25, 0.3) is 0 Å². The highest BCUT2D eigenvalue weighted by molar-refractivity contribution is 5.82. The maximum Gasteiger partial charge on any atom is 0.511 e. The number of aryl methyl sites for hydroxylation is 1. The van der Waals surface area contributed by atoms with Gasteiger partial charge in [0.15, 0.2) is 0 Å². The quantitative estimate of drug-likeness (QED) is 0.649. The van der Waals surface area contributed by atoms with Crippen LogP contribution in [0.3, 0.4) is 0 Å². The Balaban J connectivity index is 2.28. The molecular weight excluding hydrogens is 218 g/mol. The average Bonchev–Trinajstić information content (AvgIpc) is 2.68. The van der Waals surface area contributed by atoms with E-state index < -0.39 is 6.16 Å². The number of unbranched alkanes of at least 4 members (excludes halogenated alkanes) is 1. The SMILES string of the molecule is CCCCn1ccc2cc(OC(=O)O)ccc21. The normalized spacial score (nSPS) is 10.6. The summed E-state index contributed by atoms with van der Waals surface area (Å²) in [5.41, 5.74) is 1.11. The molecule has 4 heteroatoms. The Hall–Kier alpha value is -1.97. The minimum absolute atomic E-state index is 0.359. The van der Waals surface area contributed by atoms with E-state index in [1.54, 1.807) is 12.1 Å². The van der Waals surface area contributed by atoms with Gasteiger partial charge in [0, 0.05) is 23.6 Å². The first-order valence-corrected chi connectivity index (χ1v) is 5.70. The Morgan fingerprint density at radius 2 is 2.24 bits per heavy atom. The summed E-state index contributed by atoms with van der Waals surface area (Å²) in [5.74, 6) is 0.359. The van der Waals surface area contributed by atoms with Gasteiger partial charge in [-0.2, -0.15) is 0 Å². The predicted octanol–water partition coefficient (Wildman–Crippen LogP) is 3.50. The molecular formula is C13H15NO3. The van der Waals surface area contributed by atoms with E-state index >= 15 is 0 Å².